The molecule has 0 bridgehead atoms. The average molecular weight is 186 g/mol. The van der Waals surface area contributed by atoms with Crippen LogP contribution in [0.4, 0.5) is 0 Å². The van der Waals surface area contributed by atoms with Gasteiger partial charge in [0.1, 0.15) is 5.15 Å². The Morgan fingerprint density at radius 3 is 2.75 bits per heavy atom. The maximum Gasteiger partial charge on any atom is 0.129 e. The molecule has 3 heteroatoms. The molecule has 12 heavy (non-hydrogen) atoms. The number of aliphatic hydroxyl groups excluding tert-OH is 1. The highest BCUT2D eigenvalue weighted by Gasteiger charge is 2.01. The van der Waals surface area contributed by atoms with Crippen LogP contribution in [0, 0.1) is 6.92 Å². The first-order chi connectivity index (χ1) is 5.58. The number of hydrogen-bond donors (Lipinski definition) is 1. The summed E-state index contributed by atoms with van der Waals surface area (Å²) < 4.78 is 0. The van der Waals surface area contributed by atoms with Crippen LogP contribution in [-0.2, 0) is 6.42 Å². The summed E-state index contributed by atoms with van der Waals surface area (Å²) >= 11 is 5.74. The second-order valence-corrected chi connectivity index (χ2v) is 3.38. The smallest absolute Gasteiger partial charge is 0.129 e. The first kappa shape index (κ1) is 9.49. The maximum absolute atomic E-state index is 9.12. The molecule has 0 fully saturated rings. The number of pyridine rings is 1. The summed E-state index contributed by atoms with van der Waals surface area (Å²) in [6, 6.07) is 3.71. The average Bonchev–Trinajstić information content (AvgIpc) is 1.81. The number of nitrogens with zero attached hydrogens (tertiary/aromatic N) is 1. The second-order valence-electron chi connectivity index (χ2n) is 2.99. The van der Waals surface area contributed by atoms with Crippen molar-refractivity contribution in [1.82, 2.24) is 4.98 Å². The fraction of sp³-hybridized carbons (Fsp3) is 0.444. The van der Waals surface area contributed by atoms with Gasteiger partial charge in [0.25, 0.3) is 0 Å². The Morgan fingerprint density at radius 2 is 2.25 bits per heavy atom. The first-order valence-electron chi connectivity index (χ1n) is 3.89. The van der Waals surface area contributed by atoms with E-state index in [1.165, 1.54) is 0 Å². The molecule has 0 amide bonds. The van der Waals surface area contributed by atoms with E-state index in [4.69, 9.17) is 16.7 Å². The summed E-state index contributed by atoms with van der Waals surface area (Å²) in [7, 11) is 0. The van der Waals surface area contributed by atoms with Gasteiger partial charge < -0.3 is 5.11 Å². The van der Waals surface area contributed by atoms with Crippen molar-refractivity contribution in [2.75, 3.05) is 0 Å². The molecule has 0 spiro atoms. The molecule has 1 N–H and O–H groups in total. The quantitative estimate of drug-likeness (QED) is 0.715. The number of rotatable bonds is 2. The summed E-state index contributed by atoms with van der Waals surface area (Å²) in [6.45, 7) is 3.64. The lowest BCUT2D eigenvalue weighted by atomic mass is 10.1. The van der Waals surface area contributed by atoms with Crippen LogP contribution >= 0.6 is 11.6 Å². The fourth-order valence-corrected chi connectivity index (χ4v) is 1.43. The first-order valence-corrected chi connectivity index (χ1v) is 4.27. The SMILES string of the molecule is Cc1cc(CC(C)O)cc(Cl)n1. The van der Waals surface area contributed by atoms with E-state index in [0.29, 0.717) is 11.6 Å². The van der Waals surface area contributed by atoms with Crippen molar-refractivity contribution in [2.45, 2.75) is 26.4 Å². The van der Waals surface area contributed by atoms with E-state index in [0.717, 1.165) is 11.3 Å². The highest BCUT2D eigenvalue weighted by molar-refractivity contribution is 6.29. The highest BCUT2D eigenvalue weighted by Crippen LogP contribution is 2.11. The topological polar surface area (TPSA) is 33.1 Å². The van der Waals surface area contributed by atoms with Gasteiger partial charge in [0.05, 0.1) is 6.10 Å². The molecular weight excluding hydrogens is 174 g/mol. The summed E-state index contributed by atoms with van der Waals surface area (Å²) in [6.07, 6.45) is 0.297. The van der Waals surface area contributed by atoms with E-state index in [2.05, 4.69) is 4.98 Å². The Bertz CT molecular complexity index is 253. The Balaban J connectivity index is 2.85. The van der Waals surface area contributed by atoms with Crippen molar-refractivity contribution < 1.29 is 5.11 Å². The fourth-order valence-electron chi connectivity index (χ4n) is 1.15. The van der Waals surface area contributed by atoms with Crippen LogP contribution in [0.25, 0.3) is 0 Å². The highest BCUT2D eigenvalue weighted by atomic mass is 35.5. The van der Waals surface area contributed by atoms with Gasteiger partial charge in [-0.2, -0.15) is 0 Å². The van der Waals surface area contributed by atoms with Gasteiger partial charge in [-0.15, -0.1) is 0 Å². The zero-order chi connectivity index (χ0) is 9.14. The number of halogens is 1. The summed E-state index contributed by atoms with van der Waals surface area (Å²) in [5.74, 6) is 0. The molecule has 2 nitrogen and oxygen atoms in total. The zero-order valence-electron chi connectivity index (χ0n) is 7.21. The second kappa shape index (κ2) is 3.87. The molecule has 66 valence electrons. The van der Waals surface area contributed by atoms with Crippen molar-refractivity contribution in [3.8, 4) is 0 Å². The molecular formula is C9H12ClNO. The Hall–Kier alpha value is -0.600. The standard InChI is InChI=1S/C9H12ClNO/c1-6-3-8(4-7(2)12)5-9(10)11-6/h3,5,7,12H,4H2,1-2H3. The van der Waals surface area contributed by atoms with E-state index in [-0.39, 0.29) is 6.10 Å². The van der Waals surface area contributed by atoms with Gasteiger partial charge in [-0.25, -0.2) is 4.98 Å². The van der Waals surface area contributed by atoms with Crippen molar-refractivity contribution >= 4 is 11.6 Å². The molecule has 0 aliphatic carbocycles. The Morgan fingerprint density at radius 1 is 1.58 bits per heavy atom. The molecule has 1 unspecified atom stereocenters. The van der Waals surface area contributed by atoms with Crippen molar-refractivity contribution in [1.29, 1.82) is 0 Å². The number of aliphatic hydroxyl groups is 1. The number of hydrogen-bond acceptors (Lipinski definition) is 2. The van der Waals surface area contributed by atoms with E-state index < -0.39 is 0 Å². The summed E-state index contributed by atoms with van der Waals surface area (Å²) in [5, 5.41) is 9.62. The predicted octanol–water partition coefficient (Wildman–Crippen LogP) is 1.97. The molecule has 1 aromatic rings. The molecule has 1 heterocycles. The van der Waals surface area contributed by atoms with Gasteiger partial charge in [-0.1, -0.05) is 11.6 Å². The normalized spacial score (nSPS) is 13.0. The van der Waals surface area contributed by atoms with E-state index in [1.807, 2.05) is 13.0 Å². The van der Waals surface area contributed by atoms with Crippen molar-refractivity contribution in [2.24, 2.45) is 0 Å². The van der Waals surface area contributed by atoms with Gasteiger partial charge >= 0.3 is 0 Å². The third kappa shape index (κ3) is 2.80. The third-order valence-electron chi connectivity index (χ3n) is 1.51. The third-order valence-corrected chi connectivity index (χ3v) is 1.71. The monoisotopic (exact) mass is 185 g/mol. The van der Waals surface area contributed by atoms with Gasteiger partial charge in [-0.05, 0) is 38.0 Å². The molecule has 0 radical (unpaired) electrons. The number of aryl methyl sites for hydroxylation is 1. The van der Waals surface area contributed by atoms with Crippen LogP contribution in [0.1, 0.15) is 18.2 Å². The lowest BCUT2D eigenvalue weighted by Gasteiger charge is -2.05. The minimum Gasteiger partial charge on any atom is -0.393 e. The van der Waals surface area contributed by atoms with Gasteiger partial charge in [-0.3, -0.25) is 0 Å². The molecule has 0 aliphatic rings. The Kier molecular flexibility index (Phi) is 3.06. The minimum atomic E-state index is -0.331. The van der Waals surface area contributed by atoms with Crippen LogP contribution in [-0.4, -0.2) is 16.2 Å². The number of aromatic nitrogens is 1. The maximum atomic E-state index is 9.12. The van der Waals surface area contributed by atoms with Crippen LogP contribution in [0.15, 0.2) is 12.1 Å². The lowest BCUT2D eigenvalue weighted by molar-refractivity contribution is 0.195. The molecule has 0 saturated heterocycles. The minimum absolute atomic E-state index is 0.331. The predicted molar refractivity (Wildman–Crippen MR) is 49.4 cm³/mol. The lowest BCUT2D eigenvalue weighted by Crippen LogP contribution is -2.04. The van der Waals surface area contributed by atoms with Crippen LogP contribution < -0.4 is 0 Å². The van der Waals surface area contributed by atoms with Gasteiger partial charge in [0, 0.05) is 5.69 Å². The molecule has 1 aromatic heterocycles. The Labute approximate surface area is 77.2 Å². The van der Waals surface area contributed by atoms with Crippen LogP contribution in [0.2, 0.25) is 5.15 Å². The van der Waals surface area contributed by atoms with Crippen LogP contribution in [0.5, 0.6) is 0 Å². The van der Waals surface area contributed by atoms with Crippen LogP contribution in [0.3, 0.4) is 0 Å². The van der Waals surface area contributed by atoms with Gasteiger partial charge in [0.2, 0.25) is 0 Å². The van der Waals surface area contributed by atoms with Crippen molar-refractivity contribution in [3.05, 3.63) is 28.5 Å². The molecule has 1 atom stereocenters. The van der Waals surface area contributed by atoms with E-state index in [9.17, 15) is 0 Å². The largest absolute Gasteiger partial charge is 0.393 e. The molecule has 0 saturated carbocycles. The summed E-state index contributed by atoms with van der Waals surface area (Å²) in [4.78, 5) is 4.03. The van der Waals surface area contributed by atoms with Gasteiger partial charge in [0.15, 0.2) is 0 Å². The summed E-state index contributed by atoms with van der Waals surface area (Å²) in [5.41, 5.74) is 1.92. The van der Waals surface area contributed by atoms with E-state index >= 15 is 0 Å². The van der Waals surface area contributed by atoms with Crippen molar-refractivity contribution in [3.63, 3.8) is 0 Å². The molecule has 1 rings (SSSR count). The zero-order valence-corrected chi connectivity index (χ0v) is 7.97. The molecule has 0 aliphatic heterocycles. The van der Waals surface area contributed by atoms with E-state index in [1.54, 1.807) is 13.0 Å². The molecule has 0 aromatic carbocycles.